The summed E-state index contributed by atoms with van der Waals surface area (Å²) in [6.45, 7) is 3.20. The van der Waals surface area contributed by atoms with Crippen molar-refractivity contribution in [2.75, 3.05) is 30.1 Å². The second-order valence-corrected chi connectivity index (χ2v) is 8.69. The molecule has 0 spiro atoms. The van der Waals surface area contributed by atoms with Crippen molar-refractivity contribution in [1.29, 1.82) is 0 Å². The second kappa shape index (κ2) is 9.29. The van der Waals surface area contributed by atoms with E-state index < -0.39 is 0 Å². The number of rotatable bonds is 6. The maximum atomic E-state index is 10.1. The molecule has 0 saturated heterocycles. The van der Waals surface area contributed by atoms with Gasteiger partial charge in [0.15, 0.2) is 0 Å². The predicted octanol–water partition coefficient (Wildman–Crippen LogP) is 4.66. The van der Waals surface area contributed by atoms with Crippen LogP contribution >= 0.6 is 11.6 Å². The fourth-order valence-corrected chi connectivity index (χ4v) is 4.53. The number of aromatic nitrogens is 2. The zero-order valence-electron chi connectivity index (χ0n) is 18.4. The van der Waals surface area contributed by atoms with Gasteiger partial charge in [-0.2, -0.15) is 4.98 Å². The highest BCUT2D eigenvalue weighted by molar-refractivity contribution is 6.30. The summed E-state index contributed by atoms with van der Waals surface area (Å²) in [7, 11) is 0. The van der Waals surface area contributed by atoms with Gasteiger partial charge in [-0.25, -0.2) is 4.98 Å². The third-order valence-electron chi connectivity index (χ3n) is 6.04. The largest absolute Gasteiger partial charge is 0.493 e. The van der Waals surface area contributed by atoms with E-state index in [1.54, 1.807) is 0 Å². The number of aryl methyl sites for hydroxylation is 1. The minimum Gasteiger partial charge on any atom is -0.493 e. The Balaban J connectivity index is 1.34. The van der Waals surface area contributed by atoms with Crippen LogP contribution in [0.2, 0.25) is 5.02 Å². The molecule has 0 bridgehead atoms. The fraction of sp³-hybridized carbons (Fsp3) is 0.280. The molecule has 7 nitrogen and oxygen atoms in total. The van der Waals surface area contributed by atoms with Crippen molar-refractivity contribution < 1.29 is 9.84 Å². The summed E-state index contributed by atoms with van der Waals surface area (Å²) in [5, 5.41) is 14.2. The summed E-state index contributed by atoms with van der Waals surface area (Å²) >= 11 is 6.17. The van der Waals surface area contributed by atoms with E-state index in [1.807, 2.05) is 68.0 Å². The molecule has 0 amide bonds. The number of hydrogen-bond donors (Lipinski definition) is 2. The third kappa shape index (κ3) is 4.47. The average Bonchev–Trinajstić information content (AvgIpc) is 3.31. The van der Waals surface area contributed by atoms with Crippen LogP contribution in [-0.2, 0) is 0 Å². The maximum Gasteiger partial charge on any atom is 0.225 e. The number of nitrogens with one attached hydrogen (secondary N) is 1. The summed E-state index contributed by atoms with van der Waals surface area (Å²) in [6.07, 6.45) is 6.65. The first-order chi connectivity index (χ1) is 16.1. The monoisotopic (exact) mass is 463 g/mol. The van der Waals surface area contributed by atoms with Gasteiger partial charge in [0.05, 0.1) is 32.0 Å². The molecule has 5 rings (SSSR count). The van der Waals surface area contributed by atoms with Crippen LogP contribution in [0.3, 0.4) is 0 Å². The van der Waals surface area contributed by atoms with Crippen LogP contribution in [0.25, 0.3) is 0 Å². The number of nitrogens with zero attached hydrogens (tertiary/aromatic N) is 4. The van der Waals surface area contributed by atoms with Crippen molar-refractivity contribution in [3.63, 3.8) is 0 Å². The SMILES string of the molecule is Cc1cnc(NC2CCOc3ccccc32)nc1N1C=CN([C@H](CO)c2cccc(Cl)c2)C1. The number of aliphatic hydroxyl groups excluding tert-OH is 1. The van der Waals surface area contributed by atoms with Gasteiger partial charge >= 0.3 is 0 Å². The molecule has 3 aromatic rings. The Morgan fingerprint density at radius 2 is 2.09 bits per heavy atom. The molecule has 1 aromatic heterocycles. The van der Waals surface area contributed by atoms with E-state index in [0.29, 0.717) is 24.2 Å². The van der Waals surface area contributed by atoms with E-state index in [2.05, 4.69) is 26.2 Å². The Morgan fingerprint density at radius 1 is 1.21 bits per heavy atom. The van der Waals surface area contributed by atoms with Crippen LogP contribution in [0.4, 0.5) is 11.8 Å². The minimum atomic E-state index is -0.191. The highest BCUT2D eigenvalue weighted by Crippen LogP contribution is 2.34. The molecule has 0 fully saturated rings. The molecule has 3 heterocycles. The number of hydrogen-bond acceptors (Lipinski definition) is 7. The number of halogens is 1. The van der Waals surface area contributed by atoms with Gasteiger partial charge in [-0.15, -0.1) is 0 Å². The van der Waals surface area contributed by atoms with Crippen molar-refractivity contribution in [2.45, 2.75) is 25.4 Å². The van der Waals surface area contributed by atoms with E-state index in [0.717, 1.165) is 34.7 Å². The quantitative estimate of drug-likeness (QED) is 0.550. The molecule has 0 saturated carbocycles. The van der Waals surface area contributed by atoms with Crippen molar-refractivity contribution in [2.24, 2.45) is 0 Å². The summed E-state index contributed by atoms with van der Waals surface area (Å²) < 4.78 is 5.77. The first kappa shape index (κ1) is 21.6. The van der Waals surface area contributed by atoms with Gasteiger partial charge in [-0.05, 0) is 30.7 Å². The first-order valence-electron chi connectivity index (χ1n) is 11.0. The Hall–Kier alpha value is -3.29. The van der Waals surface area contributed by atoms with Gasteiger partial charge in [0, 0.05) is 41.2 Å². The lowest BCUT2D eigenvalue weighted by Gasteiger charge is -2.29. The van der Waals surface area contributed by atoms with Crippen molar-refractivity contribution in [3.05, 3.63) is 88.8 Å². The van der Waals surface area contributed by atoms with E-state index in [1.165, 1.54) is 0 Å². The highest BCUT2D eigenvalue weighted by atomic mass is 35.5. The Kier molecular flexibility index (Phi) is 6.07. The summed E-state index contributed by atoms with van der Waals surface area (Å²) in [5.74, 6) is 2.31. The molecule has 2 aliphatic rings. The standard InChI is InChI=1S/C25H26ClN5O2/c1-17-14-27-25(28-21-9-12-33-23-8-3-2-7-20(21)23)29-24(17)31-11-10-30(16-31)22(15-32)18-5-4-6-19(26)13-18/h2-8,10-11,13-14,21-22,32H,9,12,15-16H2,1H3,(H,27,28,29)/t21?,22-/m1/s1. The number of benzene rings is 2. The van der Waals surface area contributed by atoms with Crippen LogP contribution in [0, 0.1) is 6.92 Å². The first-order valence-corrected chi connectivity index (χ1v) is 11.4. The fourth-order valence-electron chi connectivity index (χ4n) is 4.33. The highest BCUT2D eigenvalue weighted by Gasteiger charge is 2.26. The zero-order valence-corrected chi connectivity index (χ0v) is 19.1. The molecule has 2 aromatic carbocycles. The molecule has 170 valence electrons. The lowest BCUT2D eigenvalue weighted by atomic mass is 10.0. The molecule has 0 radical (unpaired) electrons. The Morgan fingerprint density at radius 3 is 2.94 bits per heavy atom. The molecule has 8 heteroatoms. The van der Waals surface area contributed by atoms with Crippen LogP contribution in [-0.4, -0.2) is 39.9 Å². The molecule has 33 heavy (non-hydrogen) atoms. The number of fused-ring (bicyclic) bond motifs is 1. The van der Waals surface area contributed by atoms with Crippen molar-refractivity contribution in [3.8, 4) is 5.75 Å². The lowest BCUT2D eigenvalue weighted by Crippen LogP contribution is -2.31. The van der Waals surface area contributed by atoms with E-state index in [-0.39, 0.29) is 18.7 Å². The minimum absolute atomic E-state index is 0.0166. The van der Waals surface area contributed by atoms with E-state index >= 15 is 0 Å². The molecule has 2 aliphatic heterocycles. The van der Waals surface area contributed by atoms with Crippen LogP contribution in [0.15, 0.2) is 67.1 Å². The molecule has 0 aliphatic carbocycles. The molecular weight excluding hydrogens is 438 g/mol. The lowest BCUT2D eigenvalue weighted by molar-refractivity contribution is 0.173. The van der Waals surface area contributed by atoms with Crippen LogP contribution < -0.4 is 15.0 Å². The average molecular weight is 464 g/mol. The number of para-hydroxylation sites is 1. The Labute approximate surface area is 198 Å². The maximum absolute atomic E-state index is 10.1. The van der Waals surface area contributed by atoms with Gasteiger partial charge in [0.2, 0.25) is 5.95 Å². The summed E-state index contributed by atoms with van der Waals surface area (Å²) in [6, 6.07) is 15.6. The van der Waals surface area contributed by atoms with Crippen LogP contribution in [0.5, 0.6) is 5.75 Å². The van der Waals surface area contributed by atoms with E-state index in [9.17, 15) is 5.11 Å². The summed E-state index contributed by atoms with van der Waals surface area (Å²) in [4.78, 5) is 13.5. The molecular formula is C25H26ClN5O2. The van der Waals surface area contributed by atoms with Crippen molar-refractivity contribution in [1.82, 2.24) is 14.9 Å². The third-order valence-corrected chi connectivity index (χ3v) is 6.27. The van der Waals surface area contributed by atoms with Gasteiger partial charge in [-0.3, -0.25) is 0 Å². The van der Waals surface area contributed by atoms with Crippen molar-refractivity contribution >= 4 is 23.4 Å². The normalized spacial score (nSPS) is 18.1. The van der Waals surface area contributed by atoms with Gasteiger partial charge < -0.3 is 25.0 Å². The topological polar surface area (TPSA) is 73.8 Å². The zero-order chi connectivity index (χ0) is 22.8. The molecule has 2 atom stereocenters. The summed E-state index contributed by atoms with van der Waals surface area (Å²) in [5.41, 5.74) is 3.06. The van der Waals surface area contributed by atoms with Gasteiger partial charge in [0.25, 0.3) is 0 Å². The van der Waals surface area contributed by atoms with E-state index in [4.69, 9.17) is 21.3 Å². The van der Waals surface area contributed by atoms with Gasteiger partial charge in [0.1, 0.15) is 11.6 Å². The number of aliphatic hydroxyl groups is 1. The predicted molar refractivity (Wildman–Crippen MR) is 129 cm³/mol. The Bertz CT molecular complexity index is 1170. The number of ether oxygens (including phenoxy) is 1. The molecule has 2 N–H and O–H groups in total. The molecule has 1 unspecified atom stereocenters. The number of anilines is 2. The second-order valence-electron chi connectivity index (χ2n) is 8.25. The van der Waals surface area contributed by atoms with Crippen LogP contribution in [0.1, 0.15) is 35.2 Å². The smallest absolute Gasteiger partial charge is 0.225 e. The van der Waals surface area contributed by atoms with Gasteiger partial charge in [-0.1, -0.05) is 41.9 Å².